The van der Waals surface area contributed by atoms with Crippen LogP contribution in [0.2, 0.25) is 0 Å². The van der Waals surface area contributed by atoms with E-state index in [1.54, 1.807) is 25.1 Å². The van der Waals surface area contributed by atoms with E-state index in [-0.39, 0.29) is 0 Å². The van der Waals surface area contributed by atoms with Gasteiger partial charge in [0, 0.05) is 25.8 Å². The van der Waals surface area contributed by atoms with Gasteiger partial charge >= 0.3 is 10.1 Å². The van der Waals surface area contributed by atoms with Crippen LogP contribution in [0.3, 0.4) is 0 Å². The van der Waals surface area contributed by atoms with Gasteiger partial charge in [-0.1, -0.05) is 18.2 Å². The highest BCUT2D eigenvalue weighted by Crippen LogP contribution is 2.14. The SMILES string of the molecule is Cc1cc(/C=C/c2ccc(N(C)C)cc2)n(OS(C)(=O)=O)c(=O)c1. The number of aryl methyl sites for hydroxylation is 1. The lowest BCUT2D eigenvalue weighted by Gasteiger charge is -2.12. The van der Waals surface area contributed by atoms with Crippen molar-refractivity contribution in [3.05, 3.63) is 63.6 Å². The average Bonchev–Trinajstić information content (AvgIpc) is 2.47. The molecule has 2 aromatic rings. The van der Waals surface area contributed by atoms with Gasteiger partial charge in [0.25, 0.3) is 5.56 Å². The Balaban J connectivity index is 2.39. The van der Waals surface area contributed by atoms with E-state index in [9.17, 15) is 13.2 Å². The van der Waals surface area contributed by atoms with E-state index in [0.29, 0.717) is 5.69 Å². The summed E-state index contributed by atoms with van der Waals surface area (Å²) in [6, 6.07) is 10.8. The minimum Gasteiger partial charge on any atom is -0.378 e. The molecule has 0 N–H and O–H groups in total. The van der Waals surface area contributed by atoms with Crippen molar-refractivity contribution in [2.24, 2.45) is 0 Å². The van der Waals surface area contributed by atoms with E-state index in [2.05, 4.69) is 0 Å². The summed E-state index contributed by atoms with van der Waals surface area (Å²) in [5.41, 5.74) is 2.52. The molecular formula is C17H20N2O4S. The molecule has 0 aliphatic rings. The van der Waals surface area contributed by atoms with E-state index in [0.717, 1.165) is 27.8 Å². The van der Waals surface area contributed by atoms with Gasteiger partial charge in [-0.25, -0.2) is 0 Å². The van der Waals surface area contributed by atoms with Crippen LogP contribution >= 0.6 is 0 Å². The first kappa shape index (κ1) is 17.8. The summed E-state index contributed by atoms with van der Waals surface area (Å²) >= 11 is 0. The smallest absolute Gasteiger partial charge is 0.324 e. The van der Waals surface area contributed by atoms with Gasteiger partial charge in [0.15, 0.2) is 0 Å². The van der Waals surface area contributed by atoms with Crippen molar-refractivity contribution < 1.29 is 12.7 Å². The van der Waals surface area contributed by atoms with Gasteiger partial charge in [0.2, 0.25) is 0 Å². The molecule has 7 heteroatoms. The number of anilines is 1. The highest BCUT2D eigenvalue weighted by atomic mass is 32.2. The summed E-state index contributed by atoms with van der Waals surface area (Å²) in [6.07, 6.45) is 4.33. The van der Waals surface area contributed by atoms with Gasteiger partial charge < -0.3 is 4.90 Å². The number of benzene rings is 1. The van der Waals surface area contributed by atoms with Crippen LogP contribution in [0.25, 0.3) is 12.2 Å². The zero-order valence-electron chi connectivity index (χ0n) is 14.1. The lowest BCUT2D eigenvalue weighted by molar-refractivity contribution is 0.267. The minimum absolute atomic E-state index is 0.349. The van der Waals surface area contributed by atoms with Gasteiger partial charge in [-0.3, -0.25) is 9.08 Å². The summed E-state index contributed by atoms with van der Waals surface area (Å²) in [4.78, 5) is 14.0. The predicted octanol–water partition coefficient (Wildman–Crippen LogP) is 1.78. The fourth-order valence-corrected chi connectivity index (χ4v) is 2.54. The second-order valence-corrected chi connectivity index (χ2v) is 7.25. The Morgan fingerprint density at radius 2 is 1.71 bits per heavy atom. The Morgan fingerprint density at radius 3 is 2.25 bits per heavy atom. The maximum Gasteiger partial charge on any atom is 0.324 e. The number of aromatic nitrogens is 1. The summed E-state index contributed by atoms with van der Waals surface area (Å²) in [6.45, 7) is 1.76. The van der Waals surface area contributed by atoms with Crippen LogP contribution in [0, 0.1) is 6.92 Å². The maximum atomic E-state index is 12.0. The van der Waals surface area contributed by atoms with Crippen molar-refractivity contribution in [2.75, 3.05) is 25.3 Å². The fraction of sp³-hybridized carbons (Fsp3) is 0.235. The van der Waals surface area contributed by atoms with Crippen LogP contribution in [0.4, 0.5) is 5.69 Å². The molecule has 2 rings (SSSR count). The molecule has 0 aliphatic heterocycles. The molecule has 0 bridgehead atoms. The first-order valence-electron chi connectivity index (χ1n) is 7.25. The van der Waals surface area contributed by atoms with Gasteiger partial charge in [-0.15, -0.1) is 4.73 Å². The molecule has 0 fully saturated rings. The van der Waals surface area contributed by atoms with Crippen LogP contribution < -0.4 is 14.7 Å². The molecule has 0 atom stereocenters. The van der Waals surface area contributed by atoms with Crippen molar-refractivity contribution in [1.82, 2.24) is 4.73 Å². The molecule has 0 saturated heterocycles. The van der Waals surface area contributed by atoms with Gasteiger partial charge in [-0.05, 0) is 42.3 Å². The van der Waals surface area contributed by atoms with Crippen molar-refractivity contribution >= 4 is 28.0 Å². The van der Waals surface area contributed by atoms with E-state index >= 15 is 0 Å². The van der Waals surface area contributed by atoms with E-state index in [1.807, 2.05) is 43.3 Å². The number of hydrogen-bond donors (Lipinski definition) is 0. The van der Waals surface area contributed by atoms with Crippen LogP contribution in [-0.2, 0) is 10.1 Å². The van der Waals surface area contributed by atoms with Crippen molar-refractivity contribution in [1.29, 1.82) is 0 Å². The molecule has 0 aliphatic carbocycles. The van der Waals surface area contributed by atoms with Crippen LogP contribution in [0.5, 0.6) is 0 Å². The number of rotatable bonds is 5. The largest absolute Gasteiger partial charge is 0.378 e. The van der Waals surface area contributed by atoms with Crippen molar-refractivity contribution in [3.8, 4) is 0 Å². The Morgan fingerprint density at radius 1 is 1.08 bits per heavy atom. The Hall–Kier alpha value is -2.54. The Kier molecular flexibility index (Phi) is 5.14. The van der Waals surface area contributed by atoms with Crippen LogP contribution in [-0.4, -0.2) is 33.5 Å². The fourth-order valence-electron chi connectivity index (χ4n) is 2.11. The lowest BCUT2D eigenvalue weighted by atomic mass is 10.1. The molecule has 128 valence electrons. The van der Waals surface area contributed by atoms with E-state index < -0.39 is 15.7 Å². The monoisotopic (exact) mass is 348 g/mol. The molecule has 0 unspecified atom stereocenters. The van der Waals surface area contributed by atoms with Gasteiger partial charge in [-0.2, -0.15) is 8.42 Å². The third-order valence-corrected chi connectivity index (χ3v) is 3.65. The Bertz CT molecular complexity index is 911. The Labute approximate surface area is 141 Å². The highest BCUT2D eigenvalue weighted by molar-refractivity contribution is 7.86. The zero-order chi connectivity index (χ0) is 17.9. The molecule has 1 heterocycles. The number of hydrogen-bond acceptors (Lipinski definition) is 5. The van der Waals surface area contributed by atoms with Crippen molar-refractivity contribution in [2.45, 2.75) is 6.92 Å². The molecule has 0 spiro atoms. The van der Waals surface area contributed by atoms with Crippen LogP contribution in [0.1, 0.15) is 16.8 Å². The number of pyridine rings is 1. The molecule has 1 aromatic carbocycles. The molecule has 6 nitrogen and oxygen atoms in total. The molecule has 0 radical (unpaired) electrons. The molecule has 1 aromatic heterocycles. The summed E-state index contributed by atoms with van der Waals surface area (Å²) in [5, 5.41) is 0. The third-order valence-electron chi connectivity index (χ3n) is 3.23. The summed E-state index contributed by atoms with van der Waals surface area (Å²) in [5.74, 6) is 0. The first-order chi connectivity index (χ1) is 11.2. The number of nitrogens with zero attached hydrogens (tertiary/aromatic N) is 2. The maximum absolute atomic E-state index is 12.0. The quantitative estimate of drug-likeness (QED) is 0.824. The molecule has 0 amide bonds. The molecular weight excluding hydrogens is 328 g/mol. The van der Waals surface area contributed by atoms with Crippen molar-refractivity contribution in [3.63, 3.8) is 0 Å². The van der Waals surface area contributed by atoms with Crippen LogP contribution in [0.15, 0.2) is 41.2 Å². The second-order valence-electron chi connectivity index (χ2n) is 5.69. The van der Waals surface area contributed by atoms with Gasteiger partial charge in [0.1, 0.15) is 0 Å². The van der Waals surface area contributed by atoms with Gasteiger partial charge in [0.05, 0.1) is 11.9 Å². The summed E-state index contributed by atoms with van der Waals surface area (Å²) in [7, 11) is 0.105. The van der Waals surface area contributed by atoms with E-state index in [1.165, 1.54) is 6.07 Å². The normalized spacial score (nSPS) is 11.7. The lowest BCUT2D eigenvalue weighted by Crippen LogP contribution is -2.31. The van der Waals surface area contributed by atoms with E-state index in [4.69, 9.17) is 4.28 Å². The second kappa shape index (κ2) is 6.92. The first-order valence-corrected chi connectivity index (χ1v) is 9.06. The standard InChI is InChI=1S/C17H20N2O4S/c1-13-11-16(19(17(20)12-13)23-24(4,21)22)10-7-14-5-8-15(9-6-14)18(2)3/h5-12H,1-4H3/b10-7+. The average molecular weight is 348 g/mol. The minimum atomic E-state index is -3.81. The highest BCUT2D eigenvalue weighted by Gasteiger charge is 2.10. The topological polar surface area (TPSA) is 68.6 Å². The summed E-state index contributed by atoms with van der Waals surface area (Å²) < 4.78 is 28.3. The predicted molar refractivity (Wildman–Crippen MR) is 96.6 cm³/mol. The molecule has 24 heavy (non-hydrogen) atoms. The third kappa shape index (κ3) is 4.73. The zero-order valence-corrected chi connectivity index (χ0v) is 14.9. The molecule has 0 saturated carbocycles.